The zero-order chi connectivity index (χ0) is 11.1. The number of rotatable bonds is 7. The predicted octanol–water partition coefficient (Wildman–Crippen LogP) is -0.276. The summed E-state index contributed by atoms with van der Waals surface area (Å²) in [5.41, 5.74) is 5.36. The molecule has 3 N–H and O–H groups in total. The first-order valence-electron chi connectivity index (χ1n) is 6.01. The monoisotopic (exact) mass is 215 g/mol. The Bertz CT molecular complexity index is 160. The molecule has 0 aromatic carbocycles. The second-order valence-electron chi connectivity index (χ2n) is 4.53. The van der Waals surface area contributed by atoms with Gasteiger partial charge in [0, 0.05) is 26.2 Å². The SMILES string of the molecule is CN(CCC(O)CN)CCN1CCCC1. The van der Waals surface area contributed by atoms with Crippen LogP contribution in [0.15, 0.2) is 0 Å². The fourth-order valence-corrected chi connectivity index (χ4v) is 1.92. The highest BCUT2D eigenvalue weighted by Crippen LogP contribution is 2.06. The Morgan fingerprint density at radius 2 is 2.00 bits per heavy atom. The van der Waals surface area contributed by atoms with Gasteiger partial charge in [0.05, 0.1) is 6.10 Å². The van der Waals surface area contributed by atoms with Crippen LogP contribution in [0, 0.1) is 0 Å². The standard InChI is InChI=1S/C11H25N3O/c1-13(7-4-11(15)10-12)8-9-14-5-2-3-6-14/h11,15H,2-10,12H2,1H3. The molecule has 0 bridgehead atoms. The van der Waals surface area contributed by atoms with E-state index in [0.29, 0.717) is 6.54 Å². The second kappa shape index (κ2) is 7.17. The van der Waals surface area contributed by atoms with Gasteiger partial charge in [-0.15, -0.1) is 0 Å². The molecule has 1 heterocycles. The second-order valence-corrected chi connectivity index (χ2v) is 4.53. The van der Waals surface area contributed by atoms with Crippen LogP contribution in [-0.2, 0) is 0 Å². The number of aliphatic hydroxyl groups excluding tert-OH is 1. The molecule has 1 atom stereocenters. The van der Waals surface area contributed by atoms with Crippen molar-refractivity contribution in [3.63, 3.8) is 0 Å². The summed E-state index contributed by atoms with van der Waals surface area (Å²) in [6, 6.07) is 0. The molecule has 15 heavy (non-hydrogen) atoms. The molecule has 0 aromatic heterocycles. The van der Waals surface area contributed by atoms with Gasteiger partial charge >= 0.3 is 0 Å². The molecular weight excluding hydrogens is 190 g/mol. The molecule has 1 rings (SSSR count). The van der Waals surface area contributed by atoms with Crippen molar-refractivity contribution in [2.45, 2.75) is 25.4 Å². The number of hydrogen-bond donors (Lipinski definition) is 2. The van der Waals surface area contributed by atoms with Gasteiger partial charge in [-0.1, -0.05) is 0 Å². The summed E-state index contributed by atoms with van der Waals surface area (Å²) >= 11 is 0. The molecule has 4 heteroatoms. The molecule has 4 nitrogen and oxygen atoms in total. The van der Waals surface area contributed by atoms with Crippen molar-refractivity contribution in [2.24, 2.45) is 5.73 Å². The lowest BCUT2D eigenvalue weighted by Crippen LogP contribution is -2.34. The molecule has 0 saturated carbocycles. The number of likely N-dealkylation sites (N-methyl/N-ethyl adjacent to an activating group) is 1. The van der Waals surface area contributed by atoms with Crippen LogP contribution in [0.2, 0.25) is 0 Å². The van der Waals surface area contributed by atoms with E-state index in [2.05, 4.69) is 16.8 Å². The smallest absolute Gasteiger partial charge is 0.0674 e. The van der Waals surface area contributed by atoms with Crippen molar-refractivity contribution in [1.29, 1.82) is 0 Å². The minimum Gasteiger partial charge on any atom is -0.392 e. The zero-order valence-electron chi connectivity index (χ0n) is 9.86. The molecule has 1 fully saturated rings. The topological polar surface area (TPSA) is 52.7 Å². The van der Waals surface area contributed by atoms with Crippen molar-refractivity contribution in [3.8, 4) is 0 Å². The molecule has 0 aromatic rings. The molecular formula is C11H25N3O. The first kappa shape index (κ1) is 12.9. The van der Waals surface area contributed by atoms with Crippen LogP contribution in [0.25, 0.3) is 0 Å². The Labute approximate surface area is 93.0 Å². The Balaban J connectivity index is 1.99. The van der Waals surface area contributed by atoms with Crippen LogP contribution in [-0.4, -0.2) is 67.3 Å². The zero-order valence-corrected chi connectivity index (χ0v) is 9.86. The maximum absolute atomic E-state index is 9.32. The maximum atomic E-state index is 9.32. The molecule has 1 aliphatic rings. The van der Waals surface area contributed by atoms with E-state index in [0.717, 1.165) is 26.1 Å². The molecule has 0 radical (unpaired) electrons. The summed E-state index contributed by atoms with van der Waals surface area (Å²) in [7, 11) is 2.11. The van der Waals surface area contributed by atoms with Gasteiger partial charge in [-0.25, -0.2) is 0 Å². The van der Waals surface area contributed by atoms with Crippen LogP contribution >= 0.6 is 0 Å². The maximum Gasteiger partial charge on any atom is 0.0674 e. The van der Waals surface area contributed by atoms with Gasteiger partial charge in [0.25, 0.3) is 0 Å². The largest absolute Gasteiger partial charge is 0.392 e. The van der Waals surface area contributed by atoms with Crippen molar-refractivity contribution in [2.75, 3.05) is 46.3 Å². The summed E-state index contributed by atoms with van der Waals surface area (Å²) in [6.45, 7) is 6.09. The van der Waals surface area contributed by atoms with Gasteiger partial charge in [-0.2, -0.15) is 0 Å². The van der Waals surface area contributed by atoms with Crippen molar-refractivity contribution in [1.82, 2.24) is 9.80 Å². The van der Waals surface area contributed by atoms with E-state index in [1.165, 1.54) is 25.9 Å². The normalized spacial score (nSPS) is 20.0. The van der Waals surface area contributed by atoms with Gasteiger partial charge in [-0.3, -0.25) is 0 Å². The molecule has 0 aliphatic carbocycles. The molecule has 0 amide bonds. The highest BCUT2D eigenvalue weighted by molar-refractivity contribution is 4.68. The number of aliphatic hydroxyl groups is 1. The lowest BCUT2D eigenvalue weighted by molar-refractivity contribution is 0.150. The Kier molecular flexibility index (Phi) is 6.17. The third-order valence-electron chi connectivity index (χ3n) is 3.11. The first-order valence-corrected chi connectivity index (χ1v) is 6.01. The highest BCUT2D eigenvalue weighted by Gasteiger charge is 2.11. The molecule has 1 unspecified atom stereocenters. The van der Waals surface area contributed by atoms with Gasteiger partial charge < -0.3 is 20.6 Å². The fourth-order valence-electron chi connectivity index (χ4n) is 1.92. The van der Waals surface area contributed by atoms with E-state index in [-0.39, 0.29) is 6.10 Å². The lowest BCUT2D eigenvalue weighted by Gasteiger charge is -2.22. The Morgan fingerprint density at radius 3 is 2.60 bits per heavy atom. The average Bonchev–Trinajstić information content (AvgIpc) is 2.75. The van der Waals surface area contributed by atoms with Gasteiger partial charge in [0.15, 0.2) is 0 Å². The molecule has 0 spiro atoms. The van der Waals surface area contributed by atoms with Gasteiger partial charge in [0.2, 0.25) is 0 Å². The predicted molar refractivity (Wildman–Crippen MR) is 62.8 cm³/mol. The van der Waals surface area contributed by atoms with E-state index < -0.39 is 0 Å². The minimum atomic E-state index is -0.334. The number of nitrogens with zero attached hydrogens (tertiary/aromatic N) is 2. The van der Waals surface area contributed by atoms with E-state index in [4.69, 9.17) is 5.73 Å². The van der Waals surface area contributed by atoms with E-state index in [1.807, 2.05) is 0 Å². The van der Waals surface area contributed by atoms with Crippen LogP contribution in [0.5, 0.6) is 0 Å². The lowest BCUT2D eigenvalue weighted by atomic mass is 10.2. The Morgan fingerprint density at radius 1 is 1.33 bits per heavy atom. The van der Waals surface area contributed by atoms with Crippen LogP contribution in [0.3, 0.4) is 0 Å². The summed E-state index contributed by atoms with van der Waals surface area (Å²) in [6.07, 6.45) is 3.16. The summed E-state index contributed by atoms with van der Waals surface area (Å²) in [5, 5.41) is 9.32. The molecule has 90 valence electrons. The quantitative estimate of drug-likeness (QED) is 0.613. The first-order chi connectivity index (χ1) is 7.22. The number of hydrogen-bond acceptors (Lipinski definition) is 4. The van der Waals surface area contributed by atoms with Crippen LogP contribution in [0.4, 0.5) is 0 Å². The van der Waals surface area contributed by atoms with Crippen molar-refractivity contribution >= 4 is 0 Å². The Hall–Kier alpha value is -0.160. The van der Waals surface area contributed by atoms with Crippen molar-refractivity contribution < 1.29 is 5.11 Å². The van der Waals surface area contributed by atoms with Gasteiger partial charge in [0.1, 0.15) is 0 Å². The van der Waals surface area contributed by atoms with Gasteiger partial charge in [-0.05, 0) is 39.4 Å². The minimum absolute atomic E-state index is 0.334. The third-order valence-corrected chi connectivity index (χ3v) is 3.11. The van der Waals surface area contributed by atoms with E-state index in [9.17, 15) is 5.11 Å². The molecule has 1 saturated heterocycles. The third kappa shape index (κ3) is 5.47. The fraction of sp³-hybridized carbons (Fsp3) is 1.00. The van der Waals surface area contributed by atoms with Crippen LogP contribution in [0.1, 0.15) is 19.3 Å². The summed E-state index contributed by atoms with van der Waals surface area (Å²) in [4.78, 5) is 4.78. The summed E-state index contributed by atoms with van der Waals surface area (Å²) in [5.74, 6) is 0. The van der Waals surface area contributed by atoms with E-state index in [1.54, 1.807) is 0 Å². The number of likely N-dealkylation sites (tertiary alicyclic amines) is 1. The molecule has 1 aliphatic heterocycles. The van der Waals surface area contributed by atoms with Crippen molar-refractivity contribution in [3.05, 3.63) is 0 Å². The highest BCUT2D eigenvalue weighted by atomic mass is 16.3. The van der Waals surface area contributed by atoms with E-state index >= 15 is 0 Å². The summed E-state index contributed by atoms with van der Waals surface area (Å²) < 4.78 is 0. The average molecular weight is 215 g/mol. The number of nitrogens with two attached hydrogens (primary N) is 1. The van der Waals surface area contributed by atoms with Crippen LogP contribution < -0.4 is 5.73 Å².